The van der Waals surface area contributed by atoms with Crippen LogP contribution in [-0.2, 0) is 0 Å². The van der Waals surface area contributed by atoms with Gasteiger partial charge in [0.25, 0.3) is 0 Å². The molecule has 90 valence electrons. The first-order valence-corrected chi connectivity index (χ1v) is 6.86. The van der Waals surface area contributed by atoms with Crippen LogP contribution >= 0.6 is 0 Å². The molecule has 0 aromatic carbocycles. The summed E-state index contributed by atoms with van der Waals surface area (Å²) in [5, 5.41) is 3.59. The average molecular weight is 211 g/mol. The lowest BCUT2D eigenvalue weighted by Crippen LogP contribution is -2.36. The highest BCUT2D eigenvalue weighted by molar-refractivity contribution is 4.80. The third-order valence-corrected chi connectivity index (χ3v) is 3.86. The van der Waals surface area contributed by atoms with Crippen molar-refractivity contribution < 1.29 is 0 Å². The number of hydrogen-bond donors (Lipinski definition) is 1. The van der Waals surface area contributed by atoms with Crippen molar-refractivity contribution >= 4 is 0 Å². The highest BCUT2D eigenvalue weighted by atomic mass is 14.9. The molecule has 15 heavy (non-hydrogen) atoms. The summed E-state index contributed by atoms with van der Waals surface area (Å²) in [6.45, 7) is 10.4. The van der Waals surface area contributed by atoms with Gasteiger partial charge in [-0.05, 0) is 50.5 Å². The molecule has 0 saturated heterocycles. The summed E-state index contributed by atoms with van der Waals surface area (Å²) < 4.78 is 0. The molecular weight excluding hydrogens is 182 g/mol. The van der Waals surface area contributed by atoms with Crippen LogP contribution in [0.4, 0.5) is 0 Å². The number of rotatable bonds is 5. The van der Waals surface area contributed by atoms with E-state index in [1.165, 1.54) is 32.1 Å². The van der Waals surface area contributed by atoms with Crippen LogP contribution in [0.5, 0.6) is 0 Å². The molecule has 0 aromatic heterocycles. The van der Waals surface area contributed by atoms with Gasteiger partial charge in [0.15, 0.2) is 0 Å². The molecule has 1 fully saturated rings. The van der Waals surface area contributed by atoms with E-state index >= 15 is 0 Å². The second kappa shape index (κ2) is 6.52. The van der Waals surface area contributed by atoms with E-state index in [1.54, 1.807) is 0 Å². The van der Waals surface area contributed by atoms with Crippen molar-refractivity contribution in [2.75, 3.05) is 6.54 Å². The Hall–Kier alpha value is -0.0400. The van der Waals surface area contributed by atoms with Crippen LogP contribution in [0.3, 0.4) is 0 Å². The summed E-state index contributed by atoms with van der Waals surface area (Å²) in [6.07, 6.45) is 7.29. The van der Waals surface area contributed by atoms with Crippen molar-refractivity contribution in [2.45, 2.75) is 65.8 Å². The Morgan fingerprint density at radius 2 is 1.93 bits per heavy atom. The van der Waals surface area contributed by atoms with Crippen LogP contribution in [0.1, 0.15) is 59.8 Å². The van der Waals surface area contributed by atoms with Crippen molar-refractivity contribution in [1.82, 2.24) is 5.32 Å². The largest absolute Gasteiger partial charge is 0.314 e. The zero-order chi connectivity index (χ0) is 11.3. The quantitative estimate of drug-likeness (QED) is 0.728. The maximum absolute atomic E-state index is 3.59. The molecule has 3 unspecified atom stereocenters. The lowest BCUT2D eigenvalue weighted by Gasteiger charge is -2.34. The van der Waals surface area contributed by atoms with E-state index < -0.39 is 0 Å². The van der Waals surface area contributed by atoms with Crippen molar-refractivity contribution in [3.63, 3.8) is 0 Å². The van der Waals surface area contributed by atoms with Gasteiger partial charge in [-0.1, -0.05) is 33.6 Å². The molecule has 1 heteroatoms. The fourth-order valence-electron chi connectivity index (χ4n) is 3.16. The first-order valence-electron chi connectivity index (χ1n) is 6.86. The second-order valence-corrected chi connectivity index (χ2v) is 5.77. The first-order chi connectivity index (χ1) is 7.13. The molecule has 0 amide bonds. The van der Waals surface area contributed by atoms with Gasteiger partial charge in [0.05, 0.1) is 0 Å². The molecule has 0 aromatic rings. The van der Waals surface area contributed by atoms with E-state index in [0.29, 0.717) is 0 Å². The van der Waals surface area contributed by atoms with E-state index in [4.69, 9.17) is 0 Å². The summed E-state index contributed by atoms with van der Waals surface area (Å²) in [5.41, 5.74) is 0. The van der Waals surface area contributed by atoms with Crippen molar-refractivity contribution in [2.24, 2.45) is 17.8 Å². The maximum Gasteiger partial charge on any atom is 0.00669 e. The molecule has 1 rings (SSSR count). The summed E-state index contributed by atoms with van der Waals surface area (Å²) in [6, 6.07) is 0.727. The van der Waals surface area contributed by atoms with Crippen LogP contribution < -0.4 is 5.32 Å². The van der Waals surface area contributed by atoms with Gasteiger partial charge in [-0.15, -0.1) is 0 Å². The highest BCUT2D eigenvalue weighted by Crippen LogP contribution is 2.34. The van der Waals surface area contributed by atoms with Crippen molar-refractivity contribution in [3.8, 4) is 0 Å². The summed E-state index contributed by atoms with van der Waals surface area (Å²) in [7, 11) is 0. The molecule has 1 saturated carbocycles. The summed E-state index contributed by atoms with van der Waals surface area (Å²) in [5.74, 6) is 2.82. The Morgan fingerprint density at radius 3 is 2.53 bits per heavy atom. The van der Waals surface area contributed by atoms with Gasteiger partial charge in [0.2, 0.25) is 0 Å². The lowest BCUT2D eigenvalue weighted by atomic mass is 9.75. The first kappa shape index (κ1) is 13.0. The second-order valence-electron chi connectivity index (χ2n) is 5.77. The topological polar surface area (TPSA) is 12.0 Å². The van der Waals surface area contributed by atoms with Crippen LogP contribution in [0.25, 0.3) is 0 Å². The summed E-state index contributed by atoms with van der Waals surface area (Å²) >= 11 is 0. The summed E-state index contributed by atoms with van der Waals surface area (Å²) in [4.78, 5) is 0. The maximum atomic E-state index is 3.59. The lowest BCUT2D eigenvalue weighted by molar-refractivity contribution is 0.201. The molecule has 0 aliphatic heterocycles. The Labute approximate surface area is 96.0 Å². The third-order valence-electron chi connectivity index (χ3n) is 3.86. The Morgan fingerprint density at radius 1 is 1.20 bits per heavy atom. The van der Waals surface area contributed by atoms with Crippen LogP contribution in [-0.4, -0.2) is 12.6 Å². The van der Waals surface area contributed by atoms with E-state index in [9.17, 15) is 0 Å². The van der Waals surface area contributed by atoms with Gasteiger partial charge < -0.3 is 5.32 Å². The van der Waals surface area contributed by atoms with Crippen molar-refractivity contribution in [1.29, 1.82) is 0 Å². The molecule has 3 atom stereocenters. The van der Waals surface area contributed by atoms with E-state index in [0.717, 1.165) is 30.3 Å². The zero-order valence-electron chi connectivity index (χ0n) is 11.1. The fourth-order valence-corrected chi connectivity index (χ4v) is 3.16. The van der Waals surface area contributed by atoms with Gasteiger partial charge in [0.1, 0.15) is 0 Å². The van der Waals surface area contributed by atoms with Gasteiger partial charge in [0, 0.05) is 6.04 Å². The monoisotopic (exact) mass is 211 g/mol. The molecule has 1 aliphatic rings. The standard InChI is InChI=1S/C14H29N/c1-5-15-12(4)14-8-6-7-13(10-14)9-11(2)3/h11-15H,5-10H2,1-4H3. The molecule has 1 aliphatic carbocycles. The molecule has 0 radical (unpaired) electrons. The van der Waals surface area contributed by atoms with Gasteiger partial charge in [-0.25, -0.2) is 0 Å². The molecule has 1 N–H and O–H groups in total. The molecular formula is C14H29N. The van der Waals surface area contributed by atoms with Gasteiger partial charge >= 0.3 is 0 Å². The fraction of sp³-hybridized carbons (Fsp3) is 1.00. The Bertz CT molecular complexity index is 165. The Balaban J connectivity index is 2.34. The minimum absolute atomic E-state index is 0.727. The third kappa shape index (κ3) is 4.55. The van der Waals surface area contributed by atoms with Crippen LogP contribution in [0.15, 0.2) is 0 Å². The predicted octanol–water partition coefficient (Wildman–Crippen LogP) is 3.84. The predicted molar refractivity (Wildman–Crippen MR) is 68.0 cm³/mol. The average Bonchev–Trinajstić information content (AvgIpc) is 2.17. The minimum atomic E-state index is 0.727. The van der Waals surface area contributed by atoms with Crippen molar-refractivity contribution in [3.05, 3.63) is 0 Å². The molecule has 0 bridgehead atoms. The van der Waals surface area contributed by atoms with Gasteiger partial charge in [-0.2, -0.15) is 0 Å². The molecule has 0 heterocycles. The Kier molecular flexibility index (Phi) is 5.66. The zero-order valence-corrected chi connectivity index (χ0v) is 11.1. The van der Waals surface area contributed by atoms with E-state index in [-0.39, 0.29) is 0 Å². The molecule has 1 nitrogen and oxygen atoms in total. The number of hydrogen-bond acceptors (Lipinski definition) is 1. The van der Waals surface area contributed by atoms with Crippen LogP contribution in [0.2, 0.25) is 0 Å². The normalized spacial score (nSPS) is 29.4. The SMILES string of the molecule is CCNC(C)C1CCCC(CC(C)C)C1. The highest BCUT2D eigenvalue weighted by Gasteiger charge is 2.25. The molecule has 0 spiro atoms. The van der Waals surface area contributed by atoms with E-state index in [2.05, 4.69) is 33.0 Å². The minimum Gasteiger partial charge on any atom is -0.314 e. The van der Waals surface area contributed by atoms with Gasteiger partial charge in [-0.3, -0.25) is 0 Å². The number of nitrogens with one attached hydrogen (secondary N) is 1. The smallest absolute Gasteiger partial charge is 0.00669 e. The van der Waals surface area contributed by atoms with Crippen LogP contribution in [0, 0.1) is 17.8 Å². The van der Waals surface area contributed by atoms with E-state index in [1.807, 2.05) is 0 Å².